The lowest BCUT2D eigenvalue weighted by molar-refractivity contribution is -0.513. The van der Waals surface area contributed by atoms with Gasteiger partial charge in [0.05, 0.1) is 13.2 Å². The number of rotatable bonds is 0. The van der Waals surface area contributed by atoms with Crippen LogP contribution in [0.25, 0.3) is 5.65 Å². The van der Waals surface area contributed by atoms with Gasteiger partial charge in [-0.05, 0) is 6.07 Å². The van der Waals surface area contributed by atoms with E-state index in [2.05, 4.69) is 5.10 Å². The molecule has 15 heavy (non-hydrogen) atoms. The van der Waals surface area contributed by atoms with Gasteiger partial charge in [-0.15, -0.1) is 4.68 Å². The van der Waals surface area contributed by atoms with Crippen molar-refractivity contribution >= 4 is 12.9 Å². The molecule has 82 valence electrons. The molecule has 0 saturated carbocycles. The molecule has 8 heteroatoms. The number of pyridine rings is 1. The van der Waals surface area contributed by atoms with Gasteiger partial charge in [-0.2, -0.15) is 0 Å². The summed E-state index contributed by atoms with van der Waals surface area (Å²) in [6.07, 6.45) is 3.90. The Morgan fingerprint density at radius 3 is 2.40 bits per heavy atom. The molecular formula is C7H8BF4N3. The maximum Gasteiger partial charge on any atom is 0.673 e. The molecular weight excluding hydrogens is 213 g/mol. The highest BCUT2D eigenvalue weighted by Crippen LogP contribution is 2.06. The first-order valence-electron chi connectivity index (χ1n) is 4.03. The molecule has 2 aromatic rings. The van der Waals surface area contributed by atoms with E-state index in [0.29, 0.717) is 0 Å². The summed E-state index contributed by atoms with van der Waals surface area (Å²) >= 11 is 0. The number of hydrogen-bond donors (Lipinski definition) is 0. The molecule has 0 radical (unpaired) electrons. The average molecular weight is 221 g/mol. The first kappa shape index (κ1) is 11.5. The minimum absolute atomic E-state index is 0.977. The average Bonchev–Trinajstić information content (AvgIpc) is 2.40. The van der Waals surface area contributed by atoms with E-state index in [-0.39, 0.29) is 0 Å². The maximum atomic E-state index is 9.75. The van der Waals surface area contributed by atoms with E-state index >= 15 is 0 Å². The predicted molar refractivity (Wildman–Crippen MR) is 46.6 cm³/mol. The molecule has 3 nitrogen and oxygen atoms in total. The van der Waals surface area contributed by atoms with E-state index < -0.39 is 7.25 Å². The minimum atomic E-state index is -6.00. The molecule has 2 rings (SSSR count). The first-order valence-corrected chi connectivity index (χ1v) is 4.03. The van der Waals surface area contributed by atoms with Crippen LogP contribution in [0.3, 0.4) is 0 Å². The van der Waals surface area contributed by atoms with E-state index in [1.165, 1.54) is 0 Å². The van der Waals surface area contributed by atoms with Crippen molar-refractivity contribution in [2.45, 2.75) is 0 Å². The lowest BCUT2D eigenvalue weighted by Gasteiger charge is -1.94. The van der Waals surface area contributed by atoms with E-state index in [0.717, 1.165) is 5.65 Å². The molecule has 0 fully saturated rings. The summed E-state index contributed by atoms with van der Waals surface area (Å²) in [5, 5.41) is 4.19. The van der Waals surface area contributed by atoms with Crippen molar-refractivity contribution in [2.24, 2.45) is 7.05 Å². The third-order valence-corrected chi connectivity index (χ3v) is 1.42. The zero-order chi connectivity index (χ0) is 11.5. The fraction of sp³-hybridized carbons (Fsp3) is 0.143. The Balaban J connectivity index is 0.000000195. The number of fused-ring (bicyclic) bond motifs is 1. The topological polar surface area (TPSA) is 21.9 Å². The van der Waals surface area contributed by atoms with Gasteiger partial charge in [0, 0.05) is 11.2 Å². The van der Waals surface area contributed by atoms with Crippen LogP contribution in [0.5, 0.6) is 0 Å². The van der Waals surface area contributed by atoms with Gasteiger partial charge in [-0.25, -0.2) is 4.40 Å². The zero-order valence-corrected chi connectivity index (χ0v) is 7.82. The Morgan fingerprint density at radius 2 is 1.87 bits per heavy atom. The van der Waals surface area contributed by atoms with Crippen molar-refractivity contribution in [3.05, 3.63) is 30.7 Å². The fourth-order valence-corrected chi connectivity index (χ4v) is 0.997. The van der Waals surface area contributed by atoms with Crippen LogP contribution in [0.2, 0.25) is 0 Å². The molecule has 0 aliphatic heterocycles. The number of hydrogen-bond acceptors (Lipinski definition) is 1. The van der Waals surface area contributed by atoms with E-state index in [4.69, 9.17) is 0 Å². The predicted octanol–water partition coefficient (Wildman–Crippen LogP) is 1.46. The van der Waals surface area contributed by atoms with E-state index in [9.17, 15) is 17.3 Å². The van der Waals surface area contributed by atoms with Gasteiger partial charge in [0.15, 0.2) is 0 Å². The highest BCUT2D eigenvalue weighted by molar-refractivity contribution is 6.50. The highest BCUT2D eigenvalue weighted by atomic mass is 19.5. The van der Waals surface area contributed by atoms with Crippen molar-refractivity contribution in [1.29, 1.82) is 0 Å². The van der Waals surface area contributed by atoms with Crippen LogP contribution >= 0.6 is 0 Å². The fourth-order valence-electron chi connectivity index (χ4n) is 0.997. The summed E-state index contributed by atoms with van der Waals surface area (Å²) in [4.78, 5) is 0. The summed E-state index contributed by atoms with van der Waals surface area (Å²) in [6.45, 7) is 0. The number of aromatic nitrogens is 3. The number of halogens is 4. The van der Waals surface area contributed by atoms with Crippen molar-refractivity contribution in [3.8, 4) is 0 Å². The van der Waals surface area contributed by atoms with Gasteiger partial charge >= 0.3 is 12.9 Å². The highest BCUT2D eigenvalue weighted by Gasteiger charge is 2.20. The minimum Gasteiger partial charge on any atom is -0.418 e. The molecule has 0 aromatic carbocycles. The van der Waals surface area contributed by atoms with Crippen molar-refractivity contribution in [3.63, 3.8) is 0 Å². The van der Waals surface area contributed by atoms with E-state index in [1.54, 1.807) is 4.68 Å². The molecule has 0 amide bonds. The quantitative estimate of drug-likeness (QED) is 0.375. The van der Waals surface area contributed by atoms with Crippen LogP contribution in [-0.4, -0.2) is 17.0 Å². The summed E-state index contributed by atoms with van der Waals surface area (Å²) in [7, 11) is -4.09. The van der Waals surface area contributed by atoms with Crippen LogP contribution in [-0.2, 0) is 7.05 Å². The van der Waals surface area contributed by atoms with Crippen LogP contribution in [0.1, 0.15) is 0 Å². The largest absolute Gasteiger partial charge is 0.673 e. The molecule has 0 aliphatic carbocycles. The zero-order valence-electron chi connectivity index (χ0n) is 7.82. The van der Waals surface area contributed by atoms with Crippen molar-refractivity contribution in [2.75, 3.05) is 0 Å². The lowest BCUT2D eigenvalue weighted by Crippen LogP contribution is -2.16. The Hall–Kier alpha value is -1.60. The normalized spacial score (nSPS) is 11.0. The molecule has 0 unspecified atom stereocenters. The second kappa shape index (κ2) is 4.29. The lowest BCUT2D eigenvalue weighted by atomic mass is 10.3. The Labute approximate surface area is 83.1 Å². The Morgan fingerprint density at radius 1 is 1.27 bits per heavy atom. The monoisotopic (exact) mass is 221 g/mol. The smallest absolute Gasteiger partial charge is 0.418 e. The molecule has 0 spiro atoms. The number of aryl methyl sites for hydroxylation is 1. The van der Waals surface area contributed by atoms with E-state index in [1.807, 2.05) is 42.2 Å². The molecule has 0 N–H and O–H groups in total. The van der Waals surface area contributed by atoms with Crippen molar-refractivity contribution in [1.82, 2.24) is 9.78 Å². The molecule has 2 aromatic heterocycles. The third kappa shape index (κ3) is 4.43. The number of nitrogens with zero attached hydrogens (tertiary/aromatic N) is 3. The molecule has 2 heterocycles. The van der Waals surface area contributed by atoms with Gasteiger partial charge < -0.3 is 17.3 Å². The van der Waals surface area contributed by atoms with Crippen LogP contribution in [0, 0.1) is 0 Å². The van der Waals surface area contributed by atoms with Crippen LogP contribution < -0.4 is 4.40 Å². The SMILES string of the molecule is Cn1c[n+]2ccccc2n1.F[B-](F)(F)F. The second-order valence-corrected chi connectivity index (χ2v) is 2.75. The van der Waals surface area contributed by atoms with Gasteiger partial charge in [0.2, 0.25) is 6.33 Å². The van der Waals surface area contributed by atoms with Crippen LogP contribution in [0.15, 0.2) is 30.7 Å². The second-order valence-electron chi connectivity index (χ2n) is 2.75. The molecule has 0 atom stereocenters. The molecule has 0 saturated heterocycles. The third-order valence-electron chi connectivity index (χ3n) is 1.42. The Kier molecular flexibility index (Phi) is 3.28. The van der Waals surface area contributed by atoms with Gasteiger partial charge in [0.1, 0.15) is 0 Å². The van der Waals surface area contributed by atoms with Gasteiger partial charge in [0.25, 0.3) is 0 Å². The van der Waals surface area contributed by atoms with Crippen molar-refractivity contribution < 1.29 is 21.7 Å². The standard InChI is InChI=1S/C7H8N3.BF4/c1-9-6-10-5-3-2-4-7(10)8-9;2-1(3,4)5/h2-6H,1H3;/q+1;-1. The maximum absolute atomic E-state index is 9.75. The molecule has 0 aliphatic rings. The summed E-state index contributed by atoms with van der Waals surface area (Å²) < 4.78 is 42.8. The first-order chi connectivity index (χ1) is 6.86. The van der Waals surface area contributed by atoms with Gasteiger partial charge in [-0.1, -0.05) is 6.07 Å². The van der Waals surface area contributed by atoms with Crippen LogP contribution in [0.4, 0.5) is 17.3 Å². The summed E-state index contributed by atoms with van der Waals surface area (Å²) in [6, 6.07) is 5.93. The molecule has 0 bridgehead atoms. The summed E-state index contributed by atoms with van der Waals surface area (Å²) in [5.74, 6) is 0. The Bertz CT molecular complexity index is 400. The summed E-state index contributed by atoms with van der Waals surface area (Å²) in [5.41, 5.74) is 0.977. The van der Waals surface area contributed by atoms with Gasteiger partial charge in [-0.3, -0.25) is 0 Å².